The van der Waals surface area contributed by atoms with Gasteiger partial charge in [0.25, 0.3) is 0 Å². The molecule has 1 aromatic carbocycles. The van der Waals surface area contributed by atoms with Gasteiger partial charge in [-0.15, -0.1) is 0 Å². The largest absolute Gasteiger partial charge is 0.376 e. The highest BCUT2D eigenvalue weighted by molar-refractivity contribution is 9.10. The van der Waals surface area contributed by atoms with Gasteiger partial charge in [-0.2, -0.15) is 9.67 Å². The van der Waals surface area contributed by atoms with E-state index in [1.807, 2.05) is 12.1 Å². The number of ether oxygens (including phenoxy) is 1. The molecular formula is C17H18BrN5O4. The van der Waals surface area contributed by atoms with Gasteiger partial charge in [0.15, 0.2) is 5.82 Å². The molecular weight excluding hydrogens is 418 g/mol. The average molecular weight is 436 g/mol. The van der Waals surface area contributed by atoms with Crippen molar-refractivity contribution >= 4 is 33.6 Å². The van der Waals surface area contributed by atoms with Gasteiger partial charge in [0.2, 0.25) is 5.91 Å². The SMILES string of the molecule is O=C(Cn1nc2n(c1=O)C(=O)N(c1ccc(Br)cc1)C2)NCC1CCCO1. The lowest BCUT2D eigenvalue weighted by Crippen LogP contribution is -2.39. The maximum absolute atomic E-state index is 12.6. The second-order valence-electron chi connectivity index (χ2n) is 6.48. The summed E-state index contributed by atoms with van der Waals surface area (Å²) in [6.07, 6.45) is 1.93. The smallest absolute Gasteiger partial charge is 0.354 e. The molecule has 27 heavy (non-hydrogen) atoms. The normalized spacial score (nSPS) is 18.8. The Bertz CT molecular complexity index is 930. The Kier molecular flexibility index (Phi) is 4.83. The van der Waals surface area contributed by atoms with Crippen LogP contribution in [0.15, 0.2) is 33.5 Å². The molecule has 0 bridgehead atoms. The van der Waals surface area contributed by atoms with Crippen molar-refractivity contribution in [2.45, 2.75) is 32.0 Å². The lowest BCUT2D eigenvalue weighted by molar-refractivity contribution is -0.122. The molecule has 2 amide bonds. The van der Waals surface area contributed by atoms with E-state index in [4.69, 9.17) is 4.74 Å². The van der Waals surface area contributed by atoms with Gasteiger partial charge in [-0.25, -0.2) is 14.3 Å². The summed E-state index contributed by atoms with van der Waals surface area (Å²) in [5.41, 5.74) is 0.0656. The Hall–Kier alpha value is -2.46. The third-order valence-corrected chi connectivity index (χ3v) is 5.14. The van der Waals surface area contributed by atoms with Crippen LogP contribution in [0.4, 0.5) is 10.5 Å². The third kappa shape index (κ3) is 3.54. The van der Waals surface area contributed by atoms with E-state index in [1.165, 1.54) is 4.90 Å². The van der Waals surface area contributed by atoms with E-state index in [-0.39, 0.29) is 25.1 Å². The zero-order chi connectivity index (χ0) is 19.0. The molecule has 0 saturated carbocycles. The fourth-order valence-corrected chi connectivity index (χ4v) is 3.49. The van der Waals surface area contributed by atoms with Gasteiger partial charge < -0.3 is 10.1 Å². The summed E-state index contributed by atoms with van der Waals surface area (Å²) in [4.78, 5) is 38.7. The van der Waals surface area contributed by atoms with Gasteiger partial charge in [-0.3, -0.25) is 9.69 Å². The second-order valence-corrected chi connectivity index (χ2v) is 7.39. The summed E-state index contributed by atoms with van der Waals surface area (Å²) in [6, 6.07) is 6.74. The number of carbonyl (C=O) groups is 2. The number of benzene rings is 1. The number of nitrogens with zero attached hydrogens (tertiary/aromatic N) is 4. The van der Waals surface area contributed by atoms with Crippen molar-refractivity contribution < 1.29 is 14.3 Å². The van der Waals surface area contributed by atoms with Gasteiger partial charge in [0, 0.05) is 23.3 Å². The summed E-state index contributed by atoms with van der Waals surface area (Å²) < 4.78 is 8.38. The van der Waals surface area contributed by atoms with Crippen LogP contribution in [0.3, 0.4) is 0 Å². The van der Waals surface area contributed by atoms with Gasteiger partial charge in [-0.05, 0) is 37.1 Å². The summed E-state index contributed by atoms with van der Waals surface area (Å²) in [5.74, 6) is -0.0126. The quantitative estimate of drug-likeness (QED) is 0.757. The first-order valence-corrected chi connectivity index (χ1v) is 9.46. The van der Waals surface area contributed by atoms with Crippen LogP contribution in [0, 0.1) is 0 Å². The minimum absolute atomic E-state index is 0.0266. The first-order chi connectivity index (χ1) is 13.0. The molecule has 2 aliphatic heterocycles. The molecule has 1 fully saturated rings. The molecule has 1 N–H and O–H groups in total. The van der Waals surface area contributed by atoms with E-state index >= 15 is 0 Å². The zero-order valence-electron chi connectivity index (χ0n) is 14.4. The number of hydrogen-bond acceptors (Lipinski definition) is 5. The molecule has 3 heterocycles. The molecule has 1 unspecified atom stereocenters. The van der Waals surface area contributed by atoms with Gasteiger partial charge in [0.05, 0.1) is 12.6 Å². The minimum Gasteiger partial charge on any atom is -0.376 e. The van der Waals surface area contributed by atoms with E-state index in [0.29, 0.717) is 24.7 Å². The molecule has 1 atom stereocenters. The second kappa shape index (κ2) is 7.28. The first-order valence-electron chi connectivity index (χ1n) is 8.67. The molecule has 1 saturated heterocycles. The predicted molar refractivity (Wildman–Crippen MR) is 99.6 cm³/mol. The lowest BCUT2D eigenvalue weighted by Gasteiger charge is -2.14. The number of carbonyl (C=O) groups excluding carboxylic acids is 2. The zero-order valence-corrected chi connectivity index (χ0v) is 16.0. The van der Waals surface area contributed by atoms with Crippen LogP contribution in [-0.4, -0.2) is 45.5 Å². The molecule has 2 aromatic rings. The van der Waals surface area contributed by atoms with Crippen molar-refractivity contribution in [2.24, 2.45) is 0 Å². The van der Waals surface area contributed by atoms with Gasteiger partial charge in [-0.1, -0.05) is 15.9 Å². The summed E-state index contributed by atoms with van der Waals surface area (Å²) in [6.45, 7) is 1.08. The molecule has 10 heteroatoms. The Morgan fingerprint density at radius 2 is 2.07 bits per heavy atom. The number of amides is 2. The van der Waals surface area contributed by atoms with Crippen molar-refractivity contribution in [3.63, 3.8) is 0 Å². The standard InChI is InChI=1S/C17H18BrN5O4/c18-11-3-5-12(6-4-11)21-9-14-20-22(17(26)23(14)16(21)25)10-15(24)19-8-13-2-1-7-27-13/h3-6,13H,1-2,7-10H2,(H,19,24). The van der Waals surface area contributed by atoms with Crippen molar-refractivity contribution in [3.8, 4) is 0 Å². The number of hydrogen-bond donors (Lipinski definition) is 1. The predicted octanol–water partition coefficient (Wildman–Crippen LogP) is 1.09. The maximum atomic E-state index is 12.6. The number of rotatable bonds is 5. The summed E-state index contributed by atoms with van der Waals surface area (Å²) >= 11 is 3.35. The highest BCUT2D eigenvalue weighted by Crippen LogP contribution is 2.24. The fraction of sp³-hybridized carbons (Fsp3) is 0.412. The molecule has 0 radical (unpaired) electrons. The molecule has 1 aromatic heterocycles. The van der Waals surface area contributed by atoms with Crippen LogP contribution in [0.2, 0.25) is 0 Å². The first kappa shape index (κ1) is 17.9. The maximum Gasteiger partial charge on any atom is 0.354 e. The van der Waals surface area contributed by atoms with Crippen molar-refractivity contribution in [3.05, 3.63) is 45.0 Å². The van der Waals surface area contributed by atoms with Crippen LogP contribution in [-0.2, 0) is 22.6 Å². The number of aromatic nitrogens is 3. The number of halogens is 1. The molecule has 2 aliphatic rings. The molecule has 9 nitrogen and oxygen atoms in total. The Morgan fingerprint density at radius 1 is 1.30 bits per heavy atom. The third-order valence-electron chi connectivity index (χ3n) is 4.61. The average Bonchev–Trinajstić information content (AvgIpc) is 3.34. The highest BCUT2D eigenvalue weighted by Gasteiger charge is 2.33. The number of anilines is 1. The van der Waals surface area contributed by atoms with Crippen molar-refractivity contribution in [1.82, 2.24) is 19.7 Å². The molecule has 142 valence electrons. The fourth-order valence-electron chi connectivity index (χ4n) is 3.23. The number of nitrogens with one attached hydrogen (secondary N) is 1. The lowest BCUT2D eigenvalue weighted by atomic mass is 10.2. The van der Waals surface area contributed by atoms with E-state index < -0.39 is 11.7 Å². The topological polar surface area (TPSA) is 98.5 Å². The van der Waals surface area contributed by atoms with Gasteiger partial charge in [0.1, 0.15) is 6.54 Å². The molecule has 0 aliphatic carbocycles. The Balaban J connectivity index is 1.44. The molecule has 0 spiro atoms. The van der Waals surface area contributed by atoms with Crippen LogP contribution in [0.5, 0.6) is 0 Å². The Labute approximate surface area is 163 Å². The van der Waals surface area contributed by atoms with E-state index in [2.05, 4.69) is 26.3 Å². The summed E-state index contributed by atoms with van der Waals surface area (Å²) in [5, 5.41) is 6.90. The van der Waals surface area contributed by atoms with E-state index in [1.54, 1.807) is 12.1 Å². The van der Waals surface area contributed by atoms with Gasteiger partial charge >= 0.3 is 11.7 Å². The minimum atomic E-state index is -0.609. The van der Waals surface area contributed by atoms with Crippen LogP contribution >= 0.6 is 15.9 Å². The van der Waals surface area contributed by atoms with Crippen molar-refractivity contribution in [2.75, 3.05) is 18.1 Å². The molecule has 4 rings (SSSR count). The van der Waals surface area contributed by atoms with Crippen molar-refractivity contribution in [1.29, 1.82) is 0 Å². The summed E-state index contributed by atoms with van der Waals surface area (Å²) in [7, 11) is 0. The van der Waals surface area contributed by atoms with Crippen LogP contribution in [0.1, 0.15) is 18.7 Å². The van der Waals surface area contributed by atoms with E-state index in [0.717, 1.165) is 26.6 Å². The highest BCUT2D eigenvalue weighted by atomic mass is 79.9. The van der Waals surface area contributed by atoms with Crippen LogP contribution < -0.4 is 15.9 Å². The van der Waals surface area contributed by atoms with Crippen LogP contribution in [0.25, 0.3) is 0 Å². The van der Waals surface area contributed by atoms with E-state index in [9.17, 15) is 14.4 Å². The monoisotopic (exact) mass is 435 g/mol. The Morgan fingerprint density at radius 3 is 2.74 bits per heavy atom. The number of fused-ring (bicyclic) bond motifs is 1.